The second-order valence-corrected chi connectivity index (χ2v) is 11.9. The summed E-state index contributed by atoms with van der Waals surface area (Å²) in [6.07, 6.45) is -2.23. The molecular weight excluding hydrogens is 589 g/mol. The number of carbonyl (C=O) groups is 3. The molecule has 14 heteroatoms. The van der Waals surface area contributed by atoms with E-state index in [1.807, 2.05) is 25.8 Å². The molecule has 1 unspecified atom stereocenters. The van der Waals surface area contributed by atoms with Gasteiger partial charge in [-0.15, -0.1) is 0 Å². The molecule has 3 heterocycles. The maximum absolute atomic E-state index is 15.9. The number of halogens is 5. The Labute approximate surface area is 251 Å². The minimum absolute atomic E-state index is 0.0656. The second-order valence-electron chi connectivity index (χ2n) is 11.9. The standard InChI is InChI=1S/C30H34F5N5O4/c1-16-13-40(14-17(2)38(16)3)25-9-23(31)20(7-24(25)37-28(42)22-12-36-26(41)8-21(22)27(32)33)18-5-4-6-39(15-18)29(43)44-19-10-30(34,35)11-19/h5,7-9,12,16-17,19,22,27H,4,6,10-11,13-15H2,1-3H3,(H,37,42)/t16-,17+,22?. The van der Waals surface area contributed by atoms with Crippen molar-refractivity contribution in [3.63, 3.8) is 0 Å². The van der Waals surface area contributed by atoms with Crippen LogP contribution in [0.2, 0.25) is 0 Å². The minimum atomic E-state index is -3.08. The van der Waals surface area contributed by atoms with E-state index in [4.69, 9.17) is 4.74 Å². The Bertz CT molecular complexity index is 1410. The van der Waals surface area contributed by atoms with E-state index >= 15 is 4.39 Å². The quantitative estimate of drug-likeness (QED) is 0.461. The van der Waals surface area contributed by atoms with E-state index in [1.54, 1.807) is 6.08 Å². The molecule has 1 saturated heterocycles. The summed E-state index contributed by atoms with van der Waals surface area (Å²) in [5, 5.41) is 2.67. The molecule has 1 saturated carbocycles. The van der Waals surface area contributed by atoms with Crippen LogP contribution in [0.4, 0.5) is 38.1 Å². The average molecular weight is 624 g/mol. The number of amides is 3. The predicted molar refractivity (Wildman–Crippen MR) is 154 cm³/mol. The lowest BCUT2D eigenvalue weighted by Gasteiger charge is -2.44. The number of nitrogens with zero attached hydrogens (tertiary/aromatic N) is 4. The third-order valence-corrected chi connectivity index (χ3v) is 8.65. The fraction of sp³-hybridized carbons (Fsp3) is 0.533. The van der Waals surface area contributed by atoms with Crippen LogP contribution in [0.3, 0.4) is 0 Å². The van der Waals surface area contributed by atoms with Crippen molar-refractivity contribution >= 4 is 41.1 Å². The number of aliphatic imine (C=N–C) groups is 1. The van der Waals surface area contributed by atoms with Gasteiger partial charge in [0.05, 0.1) is 11.4 Å². The lowest BCUT2D eigenvalue weighted by atomic mass is 9.91. The molecule has 44 heavy (non-hydrogen) atoms. The van der Waals surface area contributed by atoms with E-state index in [2.05, 4.69) is 15.2 Å². The number of hydrogen-bond donors (Lipinski definition) is 1. The summed E-state index contributed by atoms with van der Waals surface area (Å²) in [5.41, 5.74) is 0.290. The summed E-state index contributed by atoms with van der Waals surface area (Å²) in [7, 11) is 1.98. The summed E-state index contributed by atoms with van der Waals surface area (Å²) in [6.45, 7) is 5.18. The van der Waals surface area contributed by atoms with Crippen molar-refractivity contribution in [2.24, 2.45) is 10.9 Å². The number of anilines is 2. The van der Waals surface area contributed by atoms with Gasteiger partial charge in [-0.25, -0.2) is 31.7 Å². The Kier molecular flexibility index (Phi) is 8.83. The fourth-order valence-electron chi connectivity index (χ4n) is 5.91. The molecule has 1 N–H and O–H groups in total. The molecule has 1 aliphatic carbocycles. The molecule has 3 aliphatic heterocycles. The van der Waals surface area contributed by atoms with Gasteiger partial charge in [-0.3, -0.25) is 14.5 Å². The molecule has 0 aromatic heterocycles. The number of likely N-dealkylation sites (N-methyl/N-ethyl adjacent to an activating group) is 1. The van der Waals surface area contributed by atoms with E-state index in [-0.39, 0.29) is 36.4 Å². The van der Waals surface area contributed by atoms with Crippen LogP contribution in [0.1, 0.15) is 38.7 Å². The van der Waals surface area contributed by atoms with Crippen LogP contribution < -0.4 is 10.2 Å². The number of hydrogen-bond acceptors (Lipinski definition) is 6. The van der Waals surface area contributed by atoms with Crippen molar-refractivity contribution in [1.29, 1.82) is 0 Å². The Hall–Kier alpha value is -3.81. The van der Waals surface area contributed by atoms with Crippen molar-refractivity contribution in [1.82, 2.24) is 9.80 Å². The van der Waals surface area contributed by atoms with E-state index in [9.17, 15) is 31.9 Å². The first-order chi connectivity index (χ1) is 20.7. The Morgan fingerprint density at radius 3 is 2.45 bits per heavy atom. The lowest BCUT2D eigenvalue weighted by molar-refractivity contribution is -0.147. The number of alkyl halides is 4. The molecule has 3 atom stereocenters. The highest BCUT2D eigenvalue weighted by Gasteiger charge is 2.48. The first-order valence-corrected chi connectivity index (χ1v) is 14.4. The van der Waals surface area contributed by atoms with Crippen LogP contribution in [-0.2, 0) is 14.3 Å². The third kappa shape index (κ3) is 6.64. The third-order valence-electron chi connectivity index (χ3n) is 8.65. The molecule has 5 rings (SSSR count). The molecular formula is C30H34F5N5O4. The number of benzene rings is 1. The topological polar surface area (TPSA) is 94.5 Å². The second kappa shape index (κ2) is 12.3. The normalized spacial score (nSPS) is 25.8. The fourth-order valence-corrected chi connectivity index (χ4v) is 5.91. The number of rotatable bonds is 6. The highest BCUT2D eigenvalue weighted by Crippen LogP contribution is 2.40. The van der Waals surface area contributed by atoms with Gasteiger partial charge in [0.1, 0.15) is 17.8 Å². The molecule has 1 aromatic rings. The van der Waals surface area contributed by atoms with Crippen molar-refractivity contribution in [2.45, 2.75) is 63.6 Å². The van der Waals surface area contributed by atoms with Crippen LogP contribution in [0.25, 0.3) is 5.57 Å². The highest BCUT2D eigenvalue weighted by atomic mass is 19.3. The van der Waals surface area contributed by atoms with Crippen LogP contribution in [-0.4, -0.2) is 97.7 Å². The van der Waals surface area contributed by atoms with E-state index < -0.39 is 66.5 Å². The summed E-state index contributed by atoms with van der Waals surface area (Å²) < 4.78 is 74.9. The van der Waals surface area contributed by atoms with Crippen LogP contribution >= 0.6 is 0 Å². The van der Waals surface area contributed by atoms with Crippen LogP contribution in [0.5, 0.6) is 0 Å². The summed E-state index contributed by atoms with van der Waals surface area (Å²) in [6, 6.07) is 2.82. The molecule has 1 aromatic carbocycles. The van der Waals surface area contributed by atoms with Gasteiger partial charge < -0.3 is 19.9 Å². The molecule has 9 nitrogen and oxygen atoms in total. The summed E-state index contributed by atoms with van der Waals surface area (Å²) >= 11 is 0. The predicted octanol–water partition coefficient (Wildman–Crippen LogP) is 4.74. The van der Waals surface area contributed by atoms with Crippen LogP contribution in [0.15, 0.2) is 34.9 Å². The zero-order valence-electron chi connectivity index (χ0n) is 24.5. The summed E-state index contributed by atoms with van der Waals surface area (Å²) in [5.74, 6) is -6.77. The number of dihydropyridines is 1. The van der Waals surface area contributed by atoms with Gasteiger partial charge in [0, 0.05) is 74.5 Å². The summed E-state index contributed by atoms with van der Waals surface area (Å²) in [4.78, 5) is 46.6. The first kappa shape index (κ1) is 31.6. The molecule has 2 fully saturated rings. The van der Waals surface area contributed by atoms with E-state index in [0.717, 1.165) is 6.21 Å². The minimum Gasteiger partial charge on any atom is -0.446 e. The van der Waals surface area contributed by atoms with Crippen molar-refractivity contribution in [3.8, 4) is 0 Å². The van der Waals surface area contributed by atoms with Gasteiger partial charge >= 0.3 is 6.09 Å². The lowest BCUT2D eigenvalue weighted by Crippen LogP contribution is -2.55. The monoisotopic (exact) mass is 623 g/mol. The van der Waals surface area contributed by atoms with Gasteiger partial charge in [-0.2, -0.15) is 0 Å². The first-order valence-electron chi connectivity index (χ1n) is 14.4. The van der Waals surface area contributed by atoms with Crippen molar-refractivity contribution in [2.75, 3.05) is 43.4 Å². The largest absolute Gasteiger partial charge is 0.446 e. The van der Waals surface area contributed by atoms with Gasteiger partial charge in [0.15, 0.2) is 0 Å². The van der Waals surface area contributed by atoms with Crippen molar-refractivity contribution < 1.29 is 41.1 Å². The van der Waals surface area contributed by atoms with E-state index in [0.29, 0.717) is 36.8 Å². The smallest absolute Gasteiger partial charge is 0.410 e. The zero-order valence-corrected chi connectivity index (χ0v) is 24.5. The Balaban J connectivity index is 1.43. The van der Waals surface area contributed by atoms with Crippen LogP contribution in [0, 0.1) is 11.7 Å². The SMILES string of the molecule is C[C@@H]1CN(c2cc(F)c(C3=CCCN(C(=O)OC4CC(F)(F)C4)C3)cc2NC(=O)C2C=NC(=O)C=C2C(F)F)C[C@H](C)N1C. The molecule has 0 bridgehead atoms. The van der Waals surface area contributed by atoms with Gasteiger partial charge in [-0.05, 0) is 45.0 Å². The molecule has 238 valence electrons. The zero-order chi connectivity index (χ0) is 31.9. The molecule has 4 aliphatic rings. The number of carbonyl (C=O) groups excluding carboxylic acids is 3. The molecule has 0 radical (unpaired) electrons. The Morgan fingerprint density at radius 1 is 1.14 bits per heavy atom. The van der Waals surface area contributed by atoms with Crippen molar-refractivity contribution in [3.05, 3.63) is 41.2 Å². The molecule has 3 amide bonds. The number of ether oxygens (including phenoxy) is 1. The maximum atomic E-state index is 15.9. The number of nitrogens with one attached hydrogen (secondary N) is 1. The average Bonchev–Trinajstić information content (AvgIpc) is 2.95. The highest BCUT2D eigenvalue weighted by molar-refractivity contribution is 6.11. The van der Waals surface area contributed by atoms with E-state index in [1.165, 1.54) is 17.0 Å². The Morgan fingerprint density at radius 2 is 1.82 bits per heavy atom. The maximum Gasteiger partial charge on any atom is 0.410 e. The van der Waals surface area contributed by atoms with Gasteiger partial charge in [0.25, 0.3) is 18.3 Å². The number of piperazine rings is 1. The van der Waals surface area contributed by atoms with Gasteiger partial charge in [-0.1, -0.05) is 6.08 Å². The van der Waals surface area contributed by atoms with Gasteiger partial charge in [0.2, 0.25) is 5.91 Å². The molecule has 0 spiro atoms.